The Balaban J connectivity index is 3.04. The van der Waals surface area contributed by atoms with Crippen molar-refractivity contribution in [2.45, 2.75) is 18.3 Å². The van der Waals surface area contributed by atoms with Crippen molar-refractivity contribution in [2.75, 3.05) is 0 Å². The van der Waals surface area contributed by atoms with E-state index in [1.807, 2.05) is 4.91 Å². The standard InChI is InChI=1S/C11H8F3N3O4/c12-11(13,14)8(16-17-15)7(9(18)19)21-10(20)6-4-2-1-3-5-6/h1-5,7-8H,(H,18,19)/t7-,8-/m0/s1. The van der Waals surface area contributed by atoms with E-state index in [0.717, 1.165) is 0 Å². The topological polar surface area (TPSA) is 112 Å². The molecule has 0 spiro atoms. The third-order valence-corrected chi connectivity index (χ3v) is 2.29. The highest BCUT2D eigenvalue weighted by molar-refractivity contribution is 5.91. The fourth-order valence-electron chi connectivity index (χ4n) is 1.36. The number of halogens is 3. The number of alkyl halides is 3. The van der Waals surface area contributed by atoms with Crippen molar-refractivity contribution in [2.24, 2.45) is 5.11 Å². The number of ether oxygens (including phenoxy) is 1. The van der Waals surface area contributed by atoms with Gasteiger partial charge in [0.2, 0.25) is 6.10 Å². The second-order valence-corrected chi connectivity index (χ2v) is 3.72. The van der Waals surface area contributed by atoms with Gasteiger partial charge in [-0.25, -0.2) is 9.59 Å². The molecule has 0 aliphatic rings. The minimum atomic E-state index is -5.17. The molecular formula is C11H8F3N3O4. The monoisotopic (exact) mass is 303 g/mol. The molecule has 0 bridgehead atoms. The fourth-order valence-corrected chi connectivity index (χ4v) is 1.36. The van der Waals surface area contributed by atoms with E-state index in [2.05, 4.69) is 9.85 Å². The van der Waals surface area contributed by atoms with Crippen LogP contribution in [0.1, 0.15) is 10.4 Å². The van der Waals surface area contributed by atoms with Crippen LogP contribution in [0.4, 0.5) is 13.2 Å². The number of rotatable bonds is 5. The van der Waals surface area contributed by atoms with Crippen LogP contribution in [0.2, 0.25) is 0 Å². The van der Waals surface area contributed by atoms with Crippen LogP contribution >= 0.6 is 0 Å². The Morgan fingerprint density at radius 3 is 2.29 bits per heavy atom. The molecule has 10 heteroatoms. The number of hydrogen-bond donors (Lipinski definition) is 1. The van der Waals surface area contributed by atoms with Crippen LogP contribution in [0.5, 0.6) is 0 Å². The summed E-state index contributed by atoms with van der Waals surface area (Å²) in [5.74, 6) is -3.35. The molecule has 112 valence electrons. The molecule has 0 unspecified atom stereocenters. The van der Waals surface area contributed by atoms with Crippen LogP contribution in [0.15, 0.2) is 35.4 Å². The molecule has 0 aliphatic carbocycles. The van der Waals surface area contributed by atoms with E-state index in [4.69, 9.17) is 10.6 Å². The third-order valence-electron chi connectivity index (χ3n) is 2.29. The lowest BCUT2D eigenvalue weighted by Gasteiger charge is -2.22. The number of azide groups is 1. The van der Waals surface area contributed by atoms with E-state index in [1.165, 1.54) is 24.3 Å². The summed E-state index contributed by atoms with van der Waals surface area (Å²) in [5, 5.41) is 11.1. The summed E-state index contributed by atoms with van der Waals surface area (Å²) in [7, 11) is 0. The smallest absolute Gasteiger partial charge is 0.401 e. The zero-order valence-corrected chi connectivity index (χ0v) is 10.2. The predicted octanol–water partition coefficient (Wildman–Crippen LogP) is 2.54. The number of hydrogen-bond acceptors (Lipinski definition) is 4. The molecule has 0 saturated carbocycles. The molecule has 1 rings (SSSR count). The SMILES string of the molecule is [N-]=[N+]=N[C@@H]([C@H](OC(=O)c1ccccc1)C(=O)O)C(F)(F)F. The molecule has 0 aliphatic heterocycles. The molecule has 21 heavy (non-hydrogen) atoms. The quantitative estimate of drug-likeness (QED) is 0.389. The van der Waals surface area contributed by atoms with Crippen LogP contribution in [0, 0.1) is 0 Å². The summed E-state index contributed by atoms with van der Waals surface area (Å²) in [6, 6.07) is 3.83. The van der Waals surface area contributed by atoms with E-state index in [-0.39, 0.29) is 5.56 Å². The number of carbonyl (C=O) groups is 2. The minimum absolute atomic E-state index is 0.134. The maximum Gasteiger partial charge on any atom is 0.401 e. The average Bonchev–Trinajstić information content (AvgIpc) is 2.42. The summed E-state index contributed by atoms with van der Waals surface area (Å²) < 4.78 is 42.3. The van der Waals surface area contributed by atoms with E-state index in [1.54, 1.807) is 6.07 Å². The highest BCUT2D eigenvalue weighted by Gasteiger charge is 2.49. The minimum Gasteiger partial charge on any atom is -0.478 e. The molecule has 1 aromatic carbocycles. The number of carbonyl (C=O) groups excluding carboxylic acids is 1. The highest BCUT2D eigenvalue weighted by Crippen LogP contribution is 2.27. The van der Waals surface area contributed by atoms with Crippen molar-refractivity contribution in [3.63, 3.8) is 0 Å². The molecule has 0 radical (unpaired) electrons. The van der Waals surface area contributed by atoms with Gasteiger partial charge in [-0.3, -0.25) is 0 Å². The molecule has 0 fully saturated rings. The van der Waals surface area contributed by atoms with Gasteiger partial charge in [0.25, 0.3) is 0 Å². The van der Waals surface area contributed by atoms with E-state index < -0.39 is 30.3 Å². The van der Waals surface area contributed by atoms with Gasteiger partial charge < -0.3 is 9.84 Å². The van der Waals surface area contributed by atoms with E-state index >= 15 is 0 Å². The van der Waals surface area contributed by atoms with Gasteiger partial charge in [0.1, 0.15) is 0 Å². The number of carboxylic acid groups (broad SMARTS) is 1. The van der Waals surface area contributed by atoms with Crippen LogP contribution < -0.4 is 0 Å². The van der Waals surface area contributed by atoms with Gasteiger partial charge >= 0.3 is 18.1 Å². The van der Waals surface area contributed by atoms with Gasteiger partial charge in [-0.15, -0.1) is 0 Å². The Labute approximate surface area is 115 Å². The third kappa shape index (κ3) is 4.39. The largest absolute Gasteiger partial charge is 0.478 e. The first-order valence-electron chi connectivity index (χ1n) is 5.37. The van der Waals surface area contributed by atoms with Crippen LogP contribution in [-0.4, -0.2) is 35.4 Å². The molecular weight excluding hydrogens is 295 g/mol. The van der Waals surface area contributed by atoms with Crippen molar-refractivity contribution >= 4 is 11.9 Å². The molecule has 1 N–H and O–H groups in total. The number of nitrogens with zero attached hydrogens (tertiary/aromatic N) is 3. The highest BCUT2D eigenvalue weighted by atomic mass is 19.4. The maximum atomic E-state index is 12.7. The lowest BCUT2D eigenvalue weighted by molar-refractivity contribution is -0.183. The second-order valence-electron chi connectivity index (χ2n) is 3.72. The van der Waals surface area contributed by atoms with E-state index in [0.29, 0.717) is 0 Å². The maximum absolute atomic E-state index is 12.7. The van der Waals surface area contributed by atoms with Crippen molar-refractivity contribution in [3.8, 4) is 0 Å². The molecule has 2 atom stereocenters. The van der Waals surface area contributed by atoms with Gasteiger partial charge in [-0.2, -0.15) is 13.2 Å². The Bertz CT molecular complexity index is 570. The van der Waals surface area contributed by atoms with Crippen molar-refractivity contribution in [1.82, 2.24) is 0 Å². The number of benzene rings is 1. The first-order valence-corrected chi connectivity index (χ1v) is 5.37. The number of aliphatic carboxylic acids is 1. The van der Waals surface area contributed by atoms with Gasteiger partial charge in [-0.1, -0.05) is 23.3 Å². The first-order chi connectivity index (χ1) is 9.77. The van der Waals surface area contributed by atoms with Gasteiger partial charge in [-0.05, 0) is 17.7 Å². The summed E-state index contributed by atoms with van der Waals surface area (Å²) in [6.45, 7) is 0. The van der Waals surface area contributed by atoms with Crippen molar-refractivity contribution in [1.29, 1.82) is 0 Å². The number of carboxylic acids is 1. The van der Waals surface area contributed by atoms with Crippen molar-refractivity contribution in [3.05, 3.63) is 46.3 Å². The summed E-state index contributed by atoms with van der Waals surface area (Å²) in [4.78, 5) is 24.4. The summed E-state index contributed by atoms with van der Waals surface area (Å²) in [6.07, 6.45) is -7.85. The van der Waals surface area contributed by atoms with Crippen molar-refractivity contribution < 1.29 is 32.6 Å². The van der Waals surface area contributed by atoms with Crippen LogP contribution in [0.25, 0.3) is 10.4 Å². The Hall–Kier alpha value is -2.74. The molecule has 0 heterocycles. The van der Waals surface area contributed by atoms with Gasteiger partial charge in [0.05, 0.1) is 5.56 Å². The molecule has 7 nitrogen and oxygen atoms in total. The molecule has 0 saturated heterocycles. The average molecular weight is 303 g/mol. The predicted molar refractivity (Wildman–Crippen MR) is 62.3 cm³/mol. The second kappa shape index (κ2) is 6.62. The van der Waals surface area contributed by atoms with Crippen LogP contribution in [-0.2, 0) is 9.53 Å². The molecule has 0 amide bonds. The fraction of sp³-hybridized carbons (Fsp3) is 0.273. The first kappa shape index (κ1) is 16.3. The summed E-state index contributed by atoms with van der Waals surface area (Å²) in [5.41, 5.74) is 7.97. The lowest BCUT2D eigenvalue weighted by Crippen LogP contribution is -2.45. The van der Waals surface area contributed by atoms with Gasteiger partial charge in [0, 0.05) is 4.91 Å². The lowest BCUT2D eigenvalue weighted by atomic mass is 10.1. The van der Waals surface area contributed by atoms with Crippen LogP contribution in [0.3, 0.4) is 0 Å². The normalized spacial score (nSPS) is 13.7. The van der Waals surface area contributed by atoms with E-state index in [9.17, 15) is 22.8 Å². The zero-order valence-electron chi connectivity index (χ0n) is 10.2. The zero-order chi connectivity index (χ0) is 16.0. The Kier molecular flexibility index (Phi) is 5.14. The Morgan fingerprint density at radius 1 is 1.29 bits per heavy atom. The van der Waals surface area contributed by atoms with Gasteiger partial charge in [0.15, 0.2) is 6.04 Å². The number of esters is 1. The summed E-state index contributed by atoms with van der Waals surface area (Å²) >= 11 is 0. The molecule has 1 aromatic rings. The molecule has 0 aromatic heterocycles. The Morgan fingerprint density at radius 2 is 1.86 bits per heavy atom.